The molecule has 0 radical (unpaired) electrons. The van der Waals surface area contributed by atoms with E-state index in [0.717, 1.165) is 0 Å². The molecule has 0 N–H and O–H groups in total. The predicted molar refractivity (Wildman–Crippen MR) is 65.3 cm³/mol. The zero-order valence-corrected chi connectivity index (χ0v) is 10.5. The minimum atomic E-state index is -2.59. The monoisotopic (exact) mass is 284 g/mol. The molecule has 18 heavy (non-hydrogen) atoms. The molecule has 0 saturated carbocycles. The molecular weight excluding hydrogens is 278 g/mol. The van der Waals surface area contributed by atoms with Crippen molar-refractivity contribution >= 4 is 23.0 Å². The molecule has 7 heteroatoms. The fraction of sp³-hybridized carbons (Fsp3) is 0. The van der Waals surface area contributed by atoms with Gasteiger partial charge in [0, 0.05) is 6.20 Å². The zero-order valence-electron chi connectivity index (χ0n) is 8.91. The lowest BCUT2D eigenvalue weighted by Gasteiger charge is -2.08. The van der Waals surface area contributed by atoms with Crippen molar-refractivity contribution in [2.75, 3.05) is 0 Å². The molecule has 2 rings (SSSR count). The summed E-state index contributed by atoms with van der Waals surface area (Å²) in [7, 11) is 0. The van der Waals surface area contributed by atoms with Crippen LogP contribution in [0, 0.1) is 0 Å². The molecule has 5 nitrogen and oxygen atoms in total. The van der Waals surface area contributed by atoms with Crippen LogP contribution in [0.2, 0.25) is 5.02 Å². The standard InChI is InChI=1S/C11H8ClNO4S/c12-10-2-1-7-13-11(10)16-8-3-5-9(6-4-8)17-18(14)15/h1-7H,(H,14,15)/p-1. The number of benzene rings is 1. The largest absolute Gasteiger partial charge is 0.740 e. The van der Waals surface area contributed by atoms with Crippen molar-refractivity contribution in [3.8, 4) is 17.4 Å². The summed E-state index contributed by atoms with van der Waals surface area (Å²) in [5.74, 6) is 0.947. The molecule has 0 fully saturated rings. The van der Waals surface area contributed by atoms with Gasteiger partial charge < -0.3 is 13.5 Å². The highest BCUT2D eigenvalue weighted by atomic mass is 35.5. The Kier molecular flexibility index (Phi) is 4.14. The van der Waals surface area contributed by atoms with E-state index in [1.807, 2.05) is 0 Å². The summed E-state index contributed by atoms with van der Waals surface area (Å²) in [5.41, 5.74) is 0. The number of hydrogen-bond donors (Lipinski definition) is 0. The van der Waals surface area contributed by atoms with E-state index in [0.29, 0.717) is 10.8 Å². The Morgan fingerprint density at radius 3 is 2.44 bits per heavy atom. The molecule has 0 aliphatic rings. The molecule has 0 spiro atoms. The summed E-state index contributed by atoms with van der Waals surface area (Å²) in [6, 6.07) is 9.36. The van der Waals surface area contributed by atoms with E-state index < -0.39 is 11.4 Å². The Hall–Kier alpha value is -1.63. The topological polar surface area (TPSA) is 71.5 Å². The van der Waals surface area contributed by atoms with Gasteiger partial charge in [0.25, 0.3) is 0 Å². The Morgan fingerprint density at radius 1 is 1.17 bits per heavy atom. The molecule has 2 aromatic rings. The fourth-order valence-corrected chi connectivity index (χ4v) is 1.63. The van der Waals surface area contributed by atoms with E-state index in [2.05, 4.69) is 9.17 Å². The third-order valence-corrected chi connectivity index (χ3v) is 2.54. The van der Waals surface area contributed by atoms with E-state index >= 15 is 0 Å². The van der Waals surface area contributed by atoms with Crippen molar-refractivity contribution in [1.29, 1.82) is 0 Å². The van der Waals surface area contributed by atoms with Crippen LogP contribution >= 0.6 is 11.6 Å². The third-order valence-electron chi connectivity index (χ3n) is 1.93. The van der Waals surface area contributed by atoms with E-state index in [1.54, 1.807) is 30.5 Å². The number of hydrogen-bond acceptors (Lipinski definition) is 5. The normalized spacial score (nSPS) is 11.9. The first-order chi connectivity index (χ1) is 8.65. The number of ether oxygens (including phenoxy) is 1. The van der Waals surface area contributed by atoms with Crippen LogP contribution in [0.5, 0.6) is 17.4 Å². The van der Waals surface area contributed by atoms with Gasteiger partial charge in [-0.15, -0.1) is 0 Å². The van der Waals surface area contributed by atoms with Gasteiger partial charge in [-0.05, 0) is 36.4 Å². The Balaban J connectivity index is 2.11. The summed E-state index contributed by atoms with van der Waals surface area (Å²) < 4.78 is 30.5. The molecule has 1 aromatic carbocycles. The van der Waals surface area contributed by atoms with Crippen LogP contribution in [-0.2, 0) is 11.4 Å². The van der Waals surface area contributed by atoms with Crippen molar-refractivity contribution in [3.63, 3.8) is 0 Å². The zero-order chi connectivity index (χ0) is 13.0. The minimum Gasteiger partial charge on any atom is -0.740 e. The molecular formula is C11H7ClNO4S-. The van der Waals surface area contributed by atoms with Gasteiger partial charge in [0.15, 0.2) is 0 Å². The molecule has 0 bridgehead atoms. The lowest BCUT2D eigenvalue weighted by molar-refractivity contribution is 0.437. The molecule has 1 heterocycles. The maximum absolute atomic E-state index is 10.3. The lowest BCUT2D eigenvalue weighted by atomic mass is 10.3. The minimum absolute atomic E-state index is 0.197. The number of aromatic nitrogens is 1. The number of nitrogens with zero attached hydrogens (tertiary/aromatic N) is 1. The van der Waals surface area contributed by atoms with Crippen molar-refractivity contribution < 1.29 is 17.7 Å². The Morgan fingerprint density at radius 2 is 1.83 bits per heavy atom. The molecule has 0 saturated heterocycles. The van der Waals surface area contributed by atoms with Crippen molar-refractivity contribution in [2.45, 2.75) is 0 Å². The van der Waals surface area contributed by atoms with Crippen LogP contribution in [0.4, 0.5) is 0 Å². The first-order valence-electron chi connectivity index (χ1n) is 4.81. The summed E-state index contributed by atoms with van der Waals surface area (Å²) in [6.07, 6.45) is 1.55. The van der Waals surface area contributed by atoms with Crippen LogP contribution in [0.3, 0.4) is 0 Å². The highest BCUT2D eigenvalue weighted by molar-refractivity contribution is 7.74. The van der Waals surface area contributed by atoms with Gasteiger partial charge in [-0.2, -0.15) is 0 Å². The van der Waals surface area contributed by atoms with E-state index in [4.69, 9.17) is 16.3 Å². The van der Waals surface area contributed by atoms with E-state index in [-0.39, 0.29) is 11.6 Å². The highest BCUT2D eigenvalue weighted by Gasteiger charge is 2.03. The molecule has 0 aliphatic carbocycles. The summed E-state index contributed by atoms with van der Waals surface area (Å²) in [6.45, 7) is 0. The fourth-order valence-electron chi connectivity index (χ4n) is 1.20. The second-order valence-corrected chi connectivity index (χ2v) is 4.13. The van der Waals surface area contributed by atoms with Gasteiger partial charge in [0.05, 0.1) is 0 Å². The second-order valence-electron chi connectivity index (χ2n) is 3.15. The van der Waals surface area contributed by atoms with Crippen molar-refractivity contribution in [3.05, 3.63) is 47.6 Å². The average molecular weight is 285 g/mol. The molecule has 0 aliphatic heterocycles. The quantitative estimate of drug-likeness (QED) is 0.807. The number of pyridine rings is 1. The highest BCUT2D eigenvalue weighted by Crippen LogP contribution is 2.27. The summed E-state index contributed by atoms with van der Waals surface area (Å²) in [4.78, 5) is 3.96. The maximum Gasteiger partial charge on any atom is 0.238 e. The van der Waals surface area contributed by atoms with Crippen LogP contribution in [-0.4, -0.2) is 13.7 Å². The number of rotatable bonds is 4. The predicted octanol–water partition coefficient (Wildman–Crippen LogP) is 2.70. The first kappa shape index (κ1) is 12.8. The summed E-state index contributed by atoms with van der Waals surface area (Å²) >= 11 is 3.29. The van der Waals surface area contributed by atoms with Gasteiger partial charge in [-0.25, -0.2) is 9.19 Å². The van der Waals surface area contributed by atoms with E-state index in [9.17, 15) is 8.76 Å². The average Bonchev–Trinajstić information content (AvgIpc) is 2.34. The molecule has 0 amide bonds. The van der Waals surface area contributed by atoms with Gasteiger partial charge in [-0.1, -0.05) is 11.6 Å². The summed E-state index contributed by atoms with van der Waals surface area (Å²) in [5, 5.41) is 0.387. The number of halogens is 1. The van der Waals surface area contributed by atoms with Crippen LogP contribution in [0.1, 0.15) is 0 Å². The molecule has 1 atom stereocenters. The van der Waals surface area contributed by atoms with Crippen molar-refractivity contribution in [1.82, 2.24) is 4.98 Å². The Labute approximate surface area is 111 Å². The smallest absolute Gasteiger partial charge is 0.238 e. The van der Waals surface area contributed by atoms with Gasteiger partial charge in [0.1, 0.15) is 27.9 Å². The van der Waals surface area contributed by atoms with Gasteiger partial charge in [-0.3, -0.25) is 0 Å². The maximum atomic E-state index is 10.3. The van der Waals surface area contributed by atoms with Crippen LogP contribution in [0.25, 0.3) is 0 Å². The second kappa shape index (κ2) is 5.81. The van der Waals surface area contributed by atoms with Crippen molar-refractivity contribution in [2.24, 2.45) is 0 Å². The SMILES string of the molecule is O=S([O-])Oc1ccc(Oc2ncccc2Cl)cc1. The van der Waals surface area contributed by atoms with Gasteiger partial charge in [0.2, 0.25) is 5.88 Å². The van der Waals surface area contributed by atoms with Gasteiger partial charge >= 0.3 is 0 Å². The van der Waals surface area contributed by atoms with Crippen LogP contribution < -0.4 is 8.92 Å². The van der Waals surface area contributed by atoms with Crippen LogP contribution in [0.15, 0.2) is 42.6 Å². The Bertz CT molecular complexity index is 561. The first-order valence-corrected chi connectivity index (χ1v) is 6.19. The molecule has 94 valence electrons. The lowest BCUT2D eigenvalue weighted by Crippen LogP contribution is -1.97. The molecule has 1 aromatic heterocycles. The third kappa shape index (κ3) is 3.43. The molecule has 1 unspecified atom stereocenters. The van der Waals surface area contributed by atoms with E-state index in [1.165, 1.54) is 12.1 Å².